The number of phosphoric acid groups is 2. The van der Waals surface area contributed by atoms with E-state index < -0.39 is 97.5 Å². The van der Waals surface area contributed by atoms with Crippen LogP contribution in [-0.4, -0.2) is 96.7 Å². The van der Waals surface area contributed by atoms with Gasteiger partial charge in [-0.25, -0.2) is 9.13 Å². The Hall–Kier alpha value is -2.46. The van der Waals surface area contributed by atoms with Gasteiger partial charge in [0.1, 0.15) is 19.3 Å². The maximum Gasteiger partial charge on any atom is 0.472 e. The molecule has 0 amide bonds. The van der Waals surface area contributed by atoms with E-state index in [0.29, 0.717) is 25.7 Å². The molecule has 0 aromatic carbocycles. The first-order valence-electron chi connectivity index (χ1n) is 36.5. The highest BCUT2D eigenvalue weighted by atomic mass is 31.2. The Labute approximate surface area is 548 Å². The van der Waals surface area contributed by atoms with Crippen molar-refractivity contribution < 1.29 is 80.2 Å². The molecule has 0 spiro atoms. The fourth-order valence-corrected chi connectivity index (χ4v) is 11.9. The average molecular weight is 1320 g/mol. The van der Waals surface area contributed by atoms with Gasteiger partial charge in [0.05, 0.1) is 26.4 Å². The van der Waals surface area contributed by atoms with Crippen molar-refractivity contribution >= 4 is 39.5 Å². The Balaban J connectivity index is 5.19. The van der Waals surface area contributed by atoms with Gasteiger partial charge in [-0.05, 0) is 57.3 Å². The number of hydrogen-bond acceptors (Lipinski definition) is 15. The maximum atomic E-state index is 13.0. The topological polar surface area (TPSA) is 237 Å². The summed E-state index contributed by atoms with van der Waals surface area (Å²) in [7, 11) is -9.90. The van der Waals surface area contributed by atoms with Gasteiger partial charge in [0.2, 0.25) is 0 Å². The van der Waals surface area contributed by atoms with Crippen molar-refractivity contribution in [2.24, 2.45) is 5.92 Å². The number of rotatable bonds is 69. The third kappa shape index (κ3) is 64.3. The minimum Gasteiger partial charge on any atom is -0.462 e. The van der Waals surface area contributed by atoms with Crippen LogP contribution in [-0.2, 0) is 65.4 Å². The molecule has 90 heavy (non-hydrogen) atoms. The summed E-state index contributed by atoms with van der Waals surface area (Å²) in [5.41, 5.74) is 0. The van der Waals surface area contributed by atoms with E-state index in [9.17, 15) is 43.2 Å². The molecule has 0 heterocycles. The molecule has 530 valence electrons. The standard InChI is InChI=1S/C71H134O17P2/c1-6-9-12-15-17-19-21-23-25-27-29-33-37-41-46-51-56-71(76)88-67(61-82-69(74)55-50-45-40-36-32-28-26-24-22-20-18-16-13-10-7-2)63-86-90(79,80)84-59-65(72)58-83-89(77,78)85-62-66(60-81-68(73)54-49-43-14-11-8-3)87-70(75)57-52-47-42-38-34-30-31-35-39-44-48-53-64(4)5/h20,22,24,26,64-67,72H,6-19,21,23,25,27-63H2,1-5H3,(H,77,78)(H,79,80)/b22-20-,26-24-/t65-,66+,67+/m0/s1. The Morgan fingerprint density at radius 3 is 0.911 bits per heavy atom. The van der Waals surface area contributed by atoms with Crippen LogP contribution in [0.3, 0.4) is 0 Å². The quantitative estimate of drug-likeness (QED) is 0.0169. The molecule has 0 saturated carbocycles. The van der Waals surface area contributed by atoms with E-state index >= 15 is 0 Å². The van der Waals surface area contributed by atoms with Gasteiger partial charge in [-0.2, -0.15) is 0 Å². The number of esters is 4. The summed E-state index contributed by atoms with van der Waals surface area (Å²) >= 11 is 0. The number of carbonyl (C=O) groups excluding carboxylic acids is 4. The monoisotopic (exact) mass is 1320 g/mol. The van der Waals surface area contributed by atoms with E-state index in [1.165, 1.54) is 141 Å². The summed E-state index contributed by atoms with van der Waals surface area (Å²) in [5, 5.41) is 10.6. The van der Waals surface area contributed by atoms with Crippen LogP contribution in [0.2, 0.25) is 0 Å². The molecule has 3 N–H and O–H groups in total. The van der Waals surface area contributed by atoms with Crippen molar-refractivity contribution in [1.82, 2.24) is 0 Å². The minimum absolute atomic E-state index is 0.101. The van der Waals surface area contributed by atoms with E-state index in [2.05, 4.69) is 58.9 Å². The van der Waals surface area contributed by atoms with Crippen LogP contribution in [0, 0.1) is 5.92 Å². The third-order valence-electron chi connectivity index (χ3n) is 15.9. The molecule has 2 unspecified atom stereocenters. The van der Waals surface area contributed by atoms with Crippen LogP contribution in [0.25, 0.3) is 0 Å². The lowest BCUT2D eigenvalue weighted by Gasteiger charge is -2.21. The lowest BCUT2D eigenvalue weighted by Crippen LogP contribution is -2.30. The highest BCUT2D eigenvalue weighted by Gasteiger charge is 2.30. The van der Waals surface area contributed by atoms with Crippen LogP contribution < -0.4 is 0 Å². The number of unbranched alkanes of at least 4 members (excludes halogenated alkanes) is 38. The molecule has 0 aliphatic heterocycles. The van der Waals surface area contributed by atoms with Crippen LogP contribution in [0.1, 0.15) is 343 Å². The number of allylic oxidation sites excluding steroid dienone is 4. The Morgan fingerprint density at radius 2 is 0.600 bits per heavy atom. The number of aliphatic hydroxyl groups is 1. The number of carbonyl (C=O) groups is 4. The second-order valence-electron chi connectivity index (χ2n) is 25.4. The highest BCUT2D eigenvalue weighted by Crippen LogP contribution is 2.45. The molecular weight excluding hydrogens is 1190 g/mol. The summed E-state index contributed by atoms with van der Waals surface area (Å²) in [5.74, 6) is -1.40. The van der Waals surface area contributed by atoms with Crippen molar-refractivity contribution in [3.63, 3.8) is 0 Å². The molecule has 0 aromatic heterocycles. The van der Waals surface area contributed by atoms with Gasteiger partial charge >= 0.3 is 39.5 Å². The number of phosphoric ester groups is 2. The lowest BCUT2D eigenvalue weighted by molar-refractivity contribution is -0.161. The Bertz CT molecular complexity index is 1830. The molecule has 0 rings (SSSR count). The fourth-order valence-electron chi connectivity index (χ4n) is 10.3. The van der Waals surface area contributed by atoms with Crippen molar-refractivity contribution in [3.8, 4) is 0 Å². The van der Waals surface area contributed by atoms with E-state index in [1.807, 2.05) is 0 Å². The second-order valence-corrected chi connectivity index (χ2v) is 28.3. The number of hydrogen-bond donors (Lipinski definition) is 3. The predicted octanol–water partition coefficient (Wildman–Crippen LogP) is 20.1. The van der Waals surface area contributed by atoms with E-state index in [-0.39, 0.29) is 25.7 Å². The first-order valence-corrected chi connectivity index (χ1v) is 39.4. The van der Waals surface area contributed by atoms with E-state index in [0.717, 1.165) is 121 Å². The molecule has 5 atom stereocenters. The number of aliphatic hydroxyl groups excluding tert-OH is 1. The zero-order chi connectivity index (χ0) is 66.3. The maximum absolute atomic E-state index is 13.0. The van der Waals surface area contributed by atoms with Crippen molar-refractivity contribution in [1.29, 1.82) is 0 Å². The Morgan fingerprint density at radius 1 is 0.344 bits per heavy atom. The predicted molar refractivity (Wildman–Crippen MR) is 363 cm³/mol. The van der Waals surface area contributed by atoms with Gasteiger partial charge in [0.25, 0.3) is 0 Å². The van der Waals surface area contributed by atoms with Gasteiger partial charge in [-0.3, -0.25) is 37.3 Å². The SMILES string of the molecule is CCCCCC/C=C\C=C/CCCCCCCC(=O)OC[C@H](COP(=O)(O)OC[C@@H](O)COP(=O)(O)OC[C@@H](COC(=O)CCCCCCC)OC(=O)CCCCCCCCCCCCCC(C)C)OC(=O)CCCCCCCCCCCCCCCCCC. The van der Waals surface area contributed by atoms with Gasteiger partial charge in [0.15, 0.2) is 12.2 Å². The average Bonchev–Trinajstić information content (AvgIpc) is 3.44. The van der Waals surface area contributed by atoms with Crippen LogP contribution >= 0.6 is 15.6 Å². The largest absolute Gasteiger partial charge is 0.472 e. The van der Waals surface area contributed by atoms with E-state index in [1.54, 1.807) is 0 Å². The van der Waals surface area contributed by atoms with Crippen LogP contribution in [0.4, 0.5) is 0 Å². The summed E-state index contributed by atoms with van der Waals surface area (Å²) in [4.78, 5) is 72.3. The van der Waals surface area contributed by atoms with Crippen molar-refractivity contribution in [2.45, 2.75) is 361 Å². The van der Waals surface area contributed by atoms with Gasteiger partial charge in [0, 0.05) is 25.7 Å². The Kier molecular flexibility index (Phi) is 62.2. The third-order valence-corrected chi connectivity index (χ3v) is 17.8. The zero-order valence-electron chi connectivity index (χ0n) is 57.8. The van der Waals surface area contributed by atoms with Crippen LogP contribution in [0.15, 0.2) is 24.3 Å². The molecule has 19 heteroatoms. The molecule has 0 bridgehead atoms. The second kappa shape index (κ2) is 63.9. The zero-order valence-corrected chi connectivity index (χ0v) is 59.5. The lowest BCUT2D eigenvalue weighted by atomic mass is 10.0. The van der Waals surface area contributed by atoms with Gasteiger partial charge < -0.3 is 33.8 Å². The number of ether oxygens (including phenoxy) is 4. The summed E-state index contributed by atoms with van der Waals surface area (Å²) in [6.45, 7) is 7.10. The molecule has 0 saturated heterocycles. The van der Waals surface area contributed by atoms with Gasteiger partial charge in [-0.15, -0.1) is 0 Å². The highest BCUT2D eigenvalue weighted by molar-refractivity contribution is 7.47. The first-order chi connectivity index (χ1) is 43.5. The molecule has 0 aromatic rings. The molecule has 17 nitrogen and oxygen atoms in total. The fraction of sp³-hybridized carbons (Fsp3) is 0.887. The summed E-state index contributed by atoms with van der Waals surface area (Å²) in [6.07, 6.45) is 53.9. The first kappa shape index (κ1) is 87.5. The summed E-state index contributed by atoms with van der Waals surface area (Å²) < 4.78 is 68.1. The minimum atomic E-state index is -4.96. The van der Waals surface area contributed by atoms with Crippen molar-refractivity contribution in [2.75, 3.05) is 39.6 Å². The van der Waals surface area contributed by atoms with Gasteiger partial charge in [-0.1, -0.05) is 290 Å². The molecule has 0 aliphatic rings. The molecule has 0 fully saturated rings. The normalized spacial score (nSPS) is 14.2. The summed E-state index contributed by atoms with van der Waals surface area (Å²) in [6, 6.07) is 0. The van der Waals surface area contributed by atoms with Crippen molar-refractivity contribution in [3.05, 3.63) is 24.3 Å². The smallest absolute Gasteiger partial charge is 0.462 e. The molecular formula is C71H134O17P2. The molecule has 0 radical (unpaired) electrons. The van der Waals surface area contributed by atoms with Crippen LogP contribution in [0.5, 0.6) is 0 Å². The van der Waals surface area contributed by atoms with E-state index in [4.69, 9.17) is 37.0 Å². The molecule has 0 aliphatic carbocycles.